The zero-order valence-corrected chi connectivity index (χ0v) is 16.6. The molecular weight excluding hydrogens is 389 g/mol. The Morgan fingerprint density at radius 3 is 2.33 bits per heavy atom. The molecule has 154 valence electrons. The molecule has 2 nitrogen and oxygen atoms in total. The van der Waals surface area contributed by atoms with Crippen molar-refractivity contribution in [1.82, 2.24) is 0 Å². The normalized spacial score (nSPS) is 17.1. The number of halogens is 3. The summed E-state index contributed by atoms with van der Waals surface area (Å²) in [5.74, 6) is -2.60. The summed E-state index contributed by atoms with van der Waals surface area (Å²) in [6.45, 7) is 2.78. The highest BCUT2D eigenvalue weighted by Crippen LogP contribution is 2.53. The van der Waals surface area contributed by atoms with Crippen LogP contribution in [0.1, 0.15) is 37.9 Å². The quantitative estimate of drug-likeness (QED) is 0.359. The zero-order valence-electron chi connectivity index (χ0n) is 16.6. The fourth-order valence-corrected chi connectivity index (χ4v) is 4.40. The average Bonchev–Trinajstić information content (AvgIpc) is 2.76. The molecule has 1 fully saturated rings. The molecule has 0 bridgehead atoms. The second-order valence-corrected chi connectivity index (χ2v) is 7.69. The van der Waals surface area contributed by atoms with Crippen molar-refractivity contribution in [3.05, 3.63) is 65.5 Å². The van der Waals surface area contributed by atoms with E-state index in [1.54, 1.807) is 31.2 Å². The Bertz CT molecular complexity index is 1120. The highest BCUT2D eigenvalue weighted by Gasteiger charge is 2.34. The van der Waals surface area contributed by atoms with Crippen LogP contribution in [0.4, 0.5) is 13.2 Å². The highest BCUT2D eigenvalue weighted by molar-refractivity contribution is 6.05. The van der Waals surface area contributed by atoms with Gasteiger partial charge in [-0.1, -0.05) is 24.3 Å². The first kappa shape index (κ1) is 19.2. The van der Waals surface area contributed by atoms with E-state index in [1.165, 1.54) is 6.07 Å². The lowest BCUT2D eigenvalue weighted by molar-refractivity contribution is 0.0149. The summed E-state index contributed by atoms with van der Waals surface area (Å²) in [6.07, 6.45) is 3.22. The van der Waals surface area contributed by atoms with Crippen molar-refractivity contribution < 1.29 is 22.6 Å². The topological polar surface area (TPSA) is 18.5 Å². The van der Waals surface area contributed by atoms with Crippen LogP contribution in [0.2, 0.25) is 0 Å². The Morgan fingerprint density at radius 1 is 0.867 bits per heavy atom. The van der Waals surface area contributed by atoms with Crippen LogP contribution in [0.25, 0.3) is 33.4 Å². The third kappa shape index (κ3) is 2.91. The largest absolute Gasteiger partial charge is 0.491 e. The fourth-order valence-electron chi connectivity index (χ4n) is 4.40. The van der Waals surface area contributed by atoms with Gasteiger partial charge in [-0.05, 0) is 66.6 Å². The van der Waals surface area contributed by atoms with Crippen LogP contribution in [0.5, 0.6) is 5.75 Å². The molecular formula is C25H21F3O2. The van der Waals surface area contributed by atoms with E-state index < -0.39 is 17.5 Å². The summed E-state index contributed by atoms with van der Waals surface area (Å²) < 4.78 is 55.6. The molecule has 0 aromatic heterocycles. The first-order valence-corrected chi connectivity index (χ1v) is 10.3. The molecule has 1 saturated heterocycles. The summed E-state index contributed by atoms with van der Waals surface area (Å²) in [4.78, 5) is 0. The monoisotopic (exact) mass is 410 g/mol. The smallest absolute Gasteiger partial charge is 0.173 e. The summed E-state index contributed by atoms with van der Waals surface area (Å²) in [7, 11) is 0. The molecule has 5 rings (SSSR count). The van der Waals surface area contributed by atoms with Gasteiger partial charge in [0.2, 0.25) is 0 Å². The Morgan fingerprint density at radius 2 is 1.63 bits per heavy atom. The molecule has 2 aliphatic rings. The predicted octanol–water partition coefficient (Wildman–Crippen LogP) is 7.06. The van der Waals surface area contributed by atoms with Gasteiger partial charge in [-0.25, -0.2) is 13.2 Å². The average molecular weight is 410 g/mol. The number of hydrogen-bond acceptors (Lipinski definition) is 2. The maximum Gasteiger partial charge on any atom is 0.173 e. The van der Waals surface area contributed by atoms with Gasteiger partial charge < -0.3 is 9.47 Å². The molecule has 0 N–H and O–H groups in total. The van der Waals surface area contributed by atoms with Gasteiger partial charge in [0.25, 0.3) is 0 Å². The minimum atomic E-state index is -1.03. The van der Waals surface area contributed by atoms with Crippen molar-refractivity contribution in [3.63, 3.8) is 0 Å². The standard InChI is InChI=1S/C25H21F3O2/c1-2-29-20-11-10-16-18-13-17(23(26)25(28)22(18)21(16)24(20)27)14-6-8-15(9-7-14)19-5-3-4-12-30-19/h6-11,13,19H,2-5,12H2,1H3. The maximum atomic E-state index is 14.9. The second-order valence-electron chi connectivity index (χ2n) is 7.69. The van der Waals surface area contributed by atoms with Crippen LogP contribution in [-0.2, 0) is 4.74 Å². The van der Waals surface area contributed by atoms with Gasteiger partial charge in [0.15, 0.2) is 23.2 Å². The molecule has 1 heterocycles. The van der Waals surface area contributed by atoms with Crippen molar-refractivity contribution in [2.24, 2.45) is 0 Å². The van der Waals surface area contributed by atoms with Crippen LogP contribution in [0.15, 0.2) is 42.5 Å². The molecule has 5 heteroatoms. The molecule has 1 aliphatic carbocycles. The van der Waals surface area contributed by atoms with Crippen LogP contribution < -0.4 is 4.74 Å². The van der Waals surface area contributed by atoms with E-state index in [4.69, 9.17) is 9.47 Å². The third-order valence-corrected chi connectivity index (χ3v) is 5.93. The number of ether oxygens (including phenoxy) is 2. The van der Waals surface area contributed by atoms with Gasteiger partial charge >= 0.3 is 0 Å². The lowest BCUT2D eigenvalue weighted by Gasteiger charge is -2.27. The lowest BCUT2D eigenvalue weighted by Crippen LogP contribution is -2.11. The van der Waals surface area contributed by atoms with Crippen molar-refractivity contribution in [2.75, 3.05) is 13.2 Å². The highest BCUT2D eigenvalue weighted by atomic mass is 19.2. The maximum absolute atomic E-state index is 14.9. The van der Waals surface area contributed by atoms with Gasteiger partial charge in [-0.2, -0.15) is 0 Å². The predicted molar refractivity (Wildman–Crippen MR) is 110 cm³/mol. The van der Waals surface area contributed by atoms with Crippen LogP contribution in [0.3, 0.4) is 0 Å². The number of rotatable bonds is 4. The molecule has 1 unspecified atom stereocenters. The van der Waals surface area contributed by atoms with Crippen molar-refractivity contribution >= 4 is 0 Å². The summed E-state index contributed by atoms with van der Waals surface area (Å²) in [5.41, 5.74) is 2.94. The van der Waals surface area contributed by atoms with Crippen molar-refractivity contribution in [3.8, 4) is 39.1 Å². The number of fused-ring (bicyclic) bond motifs is 4. The van der Waals surface area contributed by atoms with E-state index in [0.29, 0.717) is 23.3 Å². The first-order valence-electron chi connectivity index (χ1n) is 10.3. The Balaban J connectivity index is 1.52. The molecule has 1 atom stereocenters. The zero-order chi connectivity index (χ0) is 20.8. The molecule has 3 aromatic carbocycles. The SMILES string of the molecule is CCOc1ccc2c(c1F)-c1c-2cc(-c2ccc(C3CCCCO3)cc2)c(F)c1F. The van der Waals surface area contributed by atoms with Gasteiger partial charge in [-0.15, -0.1) is 0 Å². The minimum Gasteiger partial charge on any atom is -0.491 e. The summed E-state index contributed by atoms with van der Waals surface area (Å²) in [5, 5.41) is 0. The van der Waals surface area contributed by atoms with E-state index in [9.17, 15) is 13.2 Å². The molecule has 0 radical (unpaired) electrons. The van der Waals surface area contributed by atoms with E-state index in [1.807, 2.05) is 12.1 Å². The van der Waals surface area contributed by atoms with Gasteiger partial charge in [0.1, 0.15) is 0 Å². The van der Waals surface area contributed by atoms with Crippen molar-refractivity contribution in [2.45, 2.75) is 32.3 Å². The number of hydrogen-bond donors (Lipinski definition) is 0. The Hall–Kier alpha value is -2.79. The third-order valence-electron chi connectivity index (χ3n) is 5.93. The van der Waals surface area contributed by atoms with E-state index in [0.717, 1.165) is 31.4 Å². The summed E-state index contributed by atoms with van der Waals surface area (Å²) in [6, 6.07) is 12.2. The Kier molecular flexibility index (Phi) is 4.78. The van der Waals surface area contributed by atoms with Gasteiger partial charge in [0, 0.05) is 23.3 Å². The second kappa shape index (κ2) is 7.47. The molecule has 1 aliphatic heterocycles. The van der Waals surface area contributed by atoms with E-state index >= 15 is 0 Å². The number of benzene rings is 3. The van der Waals surface area contributed by atoms with E-state index in [-0.39, 0.29) is 28.5 Å². The molecule has 0 amide bonds. The first-order chi connectivity index (χ1) is 14.6. The Labute approximate surface area is 173 Å². The lowest BCUT2D eigenvalue weighted by atomic mass is 9.78. The van der Waals surface area contributed by atoms with Crippen LogP contribution in [0, 0.1) is 17.5 Å². The summed E-state index contributed by atoms with van der Waals surface area (Å²) >= 11 is 0. The minimum absolute atomic E-state index is 0.0162. The van der Waals surface area contributed by atoms with Crippen molar-refractivity contribution in [1.29, 1.82) is 0 Å². The molecule has 0 saturated carbocycles. The molecule has 30 heavy (non-hydrogen) atoms. The molecule has 0 spiro atoms. The van der Waals surface area contributed by atoms with E-state index in [2.05, 4.69) is 0 Å². The van der Waals surface area contributed by atoms with Gasteiger partial charge in [0.05, 0.1) is 12.7 Å². The van der Waals surface area contributed by atoms with Crippen LogP contribution >= 0.6 is 0 Å². The van der Waals surface area contributed by atoms with Crippen LogP contribution in [-0.4, -0.2) is 13.2 Å². The molecule has 3 aromatic rings. The fraction of sp³-hybridized carbons (Fsp3) is 0.280. The van der Waals surface area contributed by atoms with Gasteiger partial charge in [-0.3, -0.25) is 0 Å².